The van der Waals surface area contributed by atoms with Gasteiger partial charge in [0.05, 0.1) is 6.54 Å². The molecule has 0 saturated carbocycles. The molecule has 76 valence electrons. The summed E-state index contributed by atoms with van der Waals surface area (Å²) >= 11 is 0. The fourth-order valence-corrected chi connectivity index (χ4v) is 0.817. The van der Waals surface area contributed by atoms with Crippen molar-refractivity contribution in [2.45, 2.75) is 13.8 Å². The molecule has 2 amide bonds. The van der Waals surface area contributed by atoms with Crippen LogP contribution in [0, 0.1) is 6.92 Å². The van der Waals surface area contributed by atoms with Gasteiger partial charge in [0.2, 0.25) is 11.8 Å². The first-order chi connectivity index (χ1) is 6.58. The predicted molar refractivity (Wildman–Crippen MR) is 48.6 cm³/mol. The zero-order chi connectivity index (χ0) is 10.6. The number of hydrogen-bond donors (Lipinski definition) is 2. The fourth-order valence-electron chi connectivity index (χ4n) is 0.817. The van der Waals surface area contributed by atoms with Gasteiger partial charge in [-0.15, -0.1) is 0 Å². The Morgan fingerprint density at radius 1 is 1.57 bits per heavy atom. The Kier molecular flexibility index (Phi) is 3.22. The number of aromatic nitrogens is 1. The van der Waals surface area contributed by atoms with Gasteiger partial charge < -0.3 is 15.2 Å². The molecule has 1 rings (SSSR count). The normalized spacial score (nSPS) is 9.57. The second-order valence-electron chi connectivity index (χ2n) is 2.78. The summed E-state index contributed by atoms with van der Waals surface area (Å²) < 4.78 is 4.74. The summed E-state index contributed by atoms with van der Waals surface area (Å²) in [7, 11) is 0. The molecule has 0 aromatic carbocycles. The van der Waals surface area contributed by atoms with Gasteiger partial charge >= 0.3 is 0 Å². The lowest BCUT2D eigenvalue weighted by molar-refractivity contribution is -0.122. The van der Waals surface area contributed by atoms with Gasteiger partial charge in [-0.25, -0.2) is 0 Å². The summed E-state index contributed by atoms with van der Waals surface area (Å²) in [5.74, 6) is 0.364. The summed E-state index contributed by atoms with van der Waals surface area (Å²) in [6.45, 7) is 2.99. The molecule has 1 aromatic rings. The van der Waals surface area contributed by atoms with Crippen LogP contribution < -0.4 is 10.6 Å². The zero-order valence-corrected chi connectivity index (χ0v) is 7.96. The van der Waals surface area contributed by atoms with E-state index in [-0.39, 0.29) is 18.4 Å². The minimum atomic E-state index is -0.339. The van der Waals surface area contributed by atoms with Crippen LogP contribution in [0.2, 0.25) is 0 Å². The van der Waals surface area contributed by atoms with E-state index in [0.717, 1.165) is 0 Å². The number of rotatable bonds is 3. The van der Waals surface area contributed by atoms with Crippen molar-refractivity contribution in [1.29, 1.82) is 0 Å². The molecule has 14 heavy (non-hydrogen) atoms. The number of anilines is 1. The lowest BCUT2D eigenvalue weighted by Crippen LogP contribution is -2.31. The predicted octanol–water partition coefficient (Wildman–Crippen LogP) is 0.0576. The Morgan fingerprint density at radius 3 is 2.79 bits per heavy atom. The van der Waals surface area contributed by atoms with Crippen LogP contribution in [0.15, 0.2) is 10.6 Å². The number of nitrogens with one attached hydrogen (secondary N) is 2. The van der Waals surface area contributed by atoms with Gasteiger partial charge in [0, 0.05) is 13.0 Å². The van der Waals surface area contributed by atoms with Crippen LogP contribution in [0.3, 0.4) is 0 Å². The largest absolute Gasteiger partial charge is 0.360 e. The van der Waals surface area contributed by atoms with E-state index >= 15 is 0 Å². The van der Waals surface area contributed by atoms with Crippen molar-refractivity contribution in [1.82, 2.24) is 10.5 Å². The molecule has 0 atom stereocenters. The summed E-state index contributed by atoms with van der Waals surface area (Å²) in [5.41, 5.74) is 0. The zero-order valence-electron chi connectivity index (χ0n) is 7.96. The standard InChI is InChI=1S/C8H11N3O3/c1-5-3-7(11-14-5)10-8(13)4-9-6(2)12/h3H,4H2,1-2H3,(H,9,12)(H,10,11,13). The van der Waals surface area contributed by atoms with Crippen molar-refractivity contribution in [2.24, 2.45) is 0 Å². The van der Waals surface area contributed by atoms with Crippen molar-refractivity contribution >= 4 is 17.6 Å². The molecule has 0 aliphatic carbocycles. The highest BCUT2D eigenvalue weighted by atomic mass is 16.5. The molecule has 6 nitrogen and oxygen atoms in total. The Balaban J connectivity index is 2.37. The maximum Gasteiger partial charge on any atom is 0.245 e. The van der Waals surface area contributed by atoms with Crippen LogP contribution in [0.1, 0.15) is 12.7 Å². The first kappa shape index (κ1) is 10.2. The summed E-state index contributed by atoms with van der Waals surface area (Å²) in [6.07, 6.45) is 0. The molecule has 0 fully saturated rings. The van der Waals surface area contributed by atoms with Crippen molar-refractivity contribution in [3.05, 3.63) is 11.8 Å². The SMILES string of the molecule is CC(=O)NCC(=O)Nc1cc(C)on1. The van der Waals surface area contributed by atoms with Crippen LogP contribution in [0.25, 0.3) is 0 Å². The van der Waals surface area contributed by atoms with E-state index in [0.29, 0.717) is 11.6 Å². The molecule has 1 aromatic heterocycles. The summed E-state index contributed by atoms with van der Waals surface area (Å²) in [5, 5.41) is 8.39. The lowest BCUT2D eigenvalue weighted by Gasteiger charge is -2.00. The van der Waals surface area contributed by atoms with Gasteiger partial charge in [0.25, 0.3) is 0 Å². The van der Waals surface area contributed by atoms with Crippen LogP contribution in [-0.4, -0.2) is 23.5 Å². The second kappa shape index (κ2) is 4.40. The van der Waals surface area contributed by atoms with Crippen molar-refractivity contribution in [2.75, 3.05) is 11.9 Å². The van der Waals surface area contributed by atoms with E-state index in [1.54, 1.807) is 13.0 Å². The van der Waals surface area contributed by atoms with Crippen LogP contribution in [0.4, 0.5) is 5.82 Å². The van der Waals surface area contributed by atoms with Crippen LogP contribution in [0.5, 0.6) is 0 Å². The van der Waals surface area contributed by atoms with Crippen LogP contribution >= 0.6 is 0 Å². The second-order valence-corrected chi connectivity index (χ2v) is 2.78. The first-order valence-corrected chi connectivity index (χ1v) is 4.05. The molecule has 0 unspecified atom stereocenters. The average molecular weight is 197 g/mol. The van der Waals surface area contributed by atoms with E-state index in [1.165, 1.54) is 6.92 Å². The van der Waals surface area contributed by atoms with Gasteiger partial charge in [-0.05, 0) is 6.92 Å². The minimum Gasteiger partial charge on any atom is -0.360 e. The van der Waals surface area contributed by atoms with E-state index in [9.17, 15) is 9.59 Å². The Bertz CT molecular complexity index is 345. The molecule has 0 spiro atoms. The molecule has 0 bridgehead atoms. The third kappa shape index (κ3) is 3.26. The monoisotopic (exact) mass is 197 g/mol. The van der Waals surface area contributed by atoms with Crippen molar-refractivity contribution in [3.63, 3.8) is 0 Å². The molecular weight excluding hydrogens is 186 g/mol. The van der Waals surface area contributed by atoms with Gasteiger partial charge in [-0.3, -0.25) is 9.59 Å². The highest BCUT2D eigenvalue weighted by Gasteiger charge is 2.05. The van der Waals surface area contributed by atoms with E-state index < -0.39 is 0 Å². The van der Waals surface area contributed by atoms with Gasteiger partial charge in [0.1, 0.15) is 5.76 Å². The first-order valence-electron chi connectivity index (χ1n) is 4.05. The number of amides is 2. The number of hydrogen-bond acceptors (Lipinski definition) is 4. The molecule has 0 aliphatic rings. The van der Waals surface area contributed by atoms with Gasteiger partial charge in [-0.1, -0.05) is 5.16 Å². The third-order valence-corrected chi connectivity index (χ3v) is 1.39. The summed E-state index contributed by atoms with van der Waals surface area (Å²) in [4.78, 5) is 21.6. The van der Waals surface area contributed by atoms with Gasteiger partial charge in [0.15, 0.2) is 5.82 Å². The minimum absolute atomic E-state index is 0.0682. The Hall–Kier alpha value is -1.85. The Morgan fingerprint density at radius 2 is 2.29 bits per heavy atom. The smallest absolute Gasteiger partial charge is 0.245 e. The maximum absolute atomic E-state index is 11.1. The molecule has 0 radical (unpaired) electrons. The van der Waals surface area contributed by atoms with Crippen molar-refractivity contribution in [3.8, 4) is 0 Å². The van der Waals surface area contributed by atoms with Crippen LogP contribution in [-0.2, 0) is 9.59 Å². The topological polar surface area (TPSA) is 84.2 Å². The van der Waals surface area contributed by atoms with Crippen molar-refractivity contribution < 1.29 is 14.1 Å². The lowest BCUT2D eigenvalue weighted by atomic mass is 10.4. The fraction of sp³-hybridized carbons (Fsp3) is 0.375. The molecule has 6 heteroatoms. The Labute approximate surface area is 80.6 Å². The number of aryl methyl sites for hydroxylation is 1. The van der Waals surface area contributed by atoms with Gasteiger partial charge in [-0.2, -0.15) is 0 Å². The molecule has 1 heterocycles. The third-order valence-electron chi connectivity index (χ3n) is 1.39. The highest BCUT2D eigenvalue weighted by Crippen LogP contribution is 2.05. The average Bonchev–Trinajstić information content (AvgIpc) is 2.48. The quantitative estimate of drug-likeness (QED) is 0.717. The number of carbonyl (C=O) groups is 2. The van der Waals surface area contributed by atoms with E-state index in [1.807, 2.05) is 0 Å². The molecular formula is C8H11N3O3. The molecule has 0 aliphatic heterocycles. The maximum atomic E-state index is 11.1. The summed E-state index contributed by atoms with van der Waals surface area (Å²) in [6, 6.07) is 1.59. The number of nitrogens with zero attached hydrogens (tertiary/aromatic N) is 1. The van der Waals surface area contributed by atoms with E-state index in [2.05, 4.69) is 15.8 Å². The molecule has 0 saturated heterocycles. The number of carbonyl (C=O) groups excluding carboxylic acids is 2. The van der Waals surface area contributed by atoms with E-state index in [4.69, 9.17) is 4.52 Å². The highest BCUT2D eigenvalue weighted by molar-refractivity contribution is 5.93. The molecule has 2 N–H and O–H groups in total.